The van der Waals surface area contributed by atoms with Crippen LogP contribution in [0.2, 0.25) is 0 Å². The fraction of sp³-hybridized carbons (Fsp3) is 0.526. The van der Waals surface area contributed by atoms with Crippen LogP contribution in [-0.4, -0.2) is 66.5 Å². The molecule has 28 heavy (non-hydrogen) atoms. The third kappa shape index (κ3) is 6.64. The average Bonchev–Trinajstić information content (AvgIpc) is 2.62. The summed E-state index contributed by atoms with van der Waals surface area (Å²) in [6, 6.07) is 6.12. The number of benzene rings is 1. The molecular formula is C19H27N3O6. The number of ether oxygens (including phenoxy) is 3. The van der Waals surface area contributed by atoms with Gasteiger partial charge in [0.1, 0.15) is 11.4 Å². The number of amides is 3. The standard InChI is InChI=1S/C19H27N3O6/c1-5-26-18(25)27-15-8-6-14(7-9-15)20-16(23)21-10-12-22(13-11-21)17(24)28-19(2,3)4/h6-9H,5,10-13H2,1-4H3,(H,20,23). The van der Waals surface area contributed by atoms with E-state index in [-0.39, 0.29) is 18.7 Å². The van der Waals surface area contributed by atoms with Gasteiger partial charge in [-0.2, -0.15) is 0 Å². The van der Waals surface area contributed by atoms with Crippen LogP contribution < -0.4 is 10.1 Å². The Morgan fingerprint density at radius 3 is 2.11 bits per heavy atom. The van der Waals surface area contributed by atoms with E-state index in [1.165, 1.54) is 0 Å². The van der Waals surface area contributed by atoms with E-state index in [0.29, 0.717) is 37.6 Å². The van der Waals surface area contributed by atoms with Crippen molar-refractivity contribution in [1.29, 1.82) is 0 Å². The summed E-state index contributed by atoms with van der Waals surface area (Å²) < 4.78 is 15.0. The zero-order valence-corrected chi connectivity index (χ0v) is 16.7. The number of nitrogens with one attached hydrogen (secondary N) is 1. The molecule has 1 saturated heterocycles. The molecule has 1 heterocycles. The van der Waals surface area contributed by atoms with Crippen molar-refractivity contribution in [1.82, 2.24) is 9.80 Å². The summed E-state index contributed by atoms with van der Waals surface area (Å²) in [4.78, 5) is 39.0. The number of hydrogen-bond acceptors (Lipinski definition) is 6. The molecule has 9 heteroatoms. The molecule has 0 aliphatic carbocycles. The number of hydrogen-bond donors (Lipinski definition) is 1. The number of nitrogens with zero attached hydrogens (tertiary/aromatic N) is 2. The Morgan fingerprint density at radius 2 is 1.57 bits per heavy atom. The van der Waals surface area contributed by atoms with Crippen molar-refractivity contribution in [3.05, 3.63) is 24.3 Å². The van der Waals surface area contributed by atoms with Crippen molar-refractivity contribution in [3.8, 4) is 5.75 Å². The molecule has 1 N–H and O–H groups in total. The Hall–Kier alpha value is -2.97. The molecule has 0 spiro atoms. The van der Waals surface area contributed by atoms with Gasteiger partial charge in [0, 0.05) is 31.9 Å². The Morgan fingerprint density at radius 1 is 1.00 bits per heavy atom. The van der Waals surface area contributed by atoms with Crippen molar-refractivity contribution in [2.45, 2.75) is 33.3 Å². The summed E-state index contributed by atoms with van der Waals surface area (Å²) in [5.41, 5.74) is 0.0187. The molecule has 1 fully saturated rings. The molecule has 0 unspecified atom stereocenters. The van der Waals surface area contributed by atoms with Gasteiger partial charge in [-0.15, -0.1) is 0 Å². The number of carbonyl (C=O) groups is 3. The predicted octanol–water partition coefficient (Wildman–Crippen LogP) is 3.31. The van der Waals surface area contributed by atoms with Crippen LogP contribution in [0.5, 0.6) is 5.75 Å². The number of rotatable bonds is 3. The highest BCUT2D eigenvalue weighted by Crippen LogP contribution is 2.17. The number of anilines is 1. The SMILES string of the molecule is CCOC(=O)Oc1ccc(NC(=O)N2CCN(C(=O)OC(C)(C)C)CC2)cc1. The van der Waals surface area contributed by atoms with E-state index in [0.717, 1.165) is 0 Å². The van der Waals surface area contributed by atoms with Crippen LogP contribution in [0.4, 0.5) is 20.1 Å². The van der Waals surface area contributed by atoms with Gasteiger partial charge in [-0.3, -0.25) is 0 Å². The number of carbonyl (C=O) groups excluding carboxylic acids is 3. The maximum absolute atomic E-state index is 12.4. The Kier molecular flexibility index (Phi) is 7.08. The van der Waals surface area contributed by atoms with Gasteiger partial charge in [0.2, 0.25) is 0 Å². The normalized spacial score (nSPS) is 14.3. The topological polar surface area (TPSA) is 97.4 Å². The highest BCUT2D eigenvalue weighted by atomic mass is 16.7. The molecule has 0 aromatic heterocycles. The fourth-order valence-electron chi connectivity index (χ4n) is 2.47. The van der Waals surface area contributed by atoms with E-state index >= 15 is 0 Å². The van der Waals surface area contributed by atoms with Crippen LogP contribution in [0, 0.1) is 0 Å². The summed E-state index contributed by atoms with van der Waals surface area (Å²) >= 11 is 0. The molecule has 1 aliphatic heterocycles. The first-order valence-electron chi connectivity index (χ1n) is 9.16. The summed E-state index contributed by atoms with van der Waals surface area (Å²) in [6.45, 7) is 9.02. The number of urea groups is 1. The first-order valence-corrected chi connectivity index (χ1v) is 9.16. The fourth-order valence-corrected chi connectivity index (χ4v) is 2.47. The van der Waals surface area contributed by atoms with E-state index < -0.39 is 11.8 Å². The van der Waals surface area contributed by atoms with Crippen LogP contribution in [0.1, 0.15) is 27.7 Å². The van der Waals surface area contributed by atoms with Gasteiger partial charge in [-0.25, -0.2) is 14.4 Å². The summed E-state index contributed by atoms with van der Waals surface area (Å²) in [5.74, 6) is 0.322. The lowest BCUT2D eigenvalue weighted by Gasteiger charge is -2.35. The minimum Gasteiger partial charge on any atom is -0.444 e. The van der Waals surface area contributed by atoms with Gasteiger partial charge < -0.3 is 29.3 Å². The zero-order valence-electron chi connectivity index (χ0n) is 16.7. The second kappa shape index (κ2) is 9.29. The van der Waals surface area contributed by atoms with Gasteiger partial charge in [0.25, 0.3) is 0 Å². The lowest BCUT2D eigenvalue weighted by atomic mass is 10.2. The van der Waals surface area contributed by atoms with Crippen LogP contribution in [0.15, 0.2) is 24.3 Å². The maximum Gasteiger partial charge on any atom is 0.513 e. The Balaban J connectivity index is 1.81. The van der Waals surface area contributed by atoms with E-state index in [9.17, 15) is 14.4 Å². The molecule has 0 atom stereocenters. The summed E-state index contributed by atoms with van der Waals surface area (Å²) in [6.07, 6.45) is -1.15. The van der Waals surface area contributed by atoms with Gasteiger partial charge in [-0.1, -0.05) is 0 Å². The highest BCUT2D eigenvalue weighted by Gasteiger charge is 2.27. The van der Waals surface area contributed by atoms with Crippen LogP contribution in [-0.2, 0) is 9.47 Å². The second-order valence-corrected chi connectivity index (χ2v) is 7.19. The minimum atomic E-state index is -0.776. The van der Waals surface area contributed by atoms with Crippen molar-refractivity contribution < 1.29 is 28.6 Å². The third-order valence-corrected chi connectivity index (χ3v) is 3.79. The molecule has 154 valence electrons. The largest absolute Gasteiger partial charge is 0.513 e. The zero-order chi connectivity index (χ0) is 20.7. The summed E-state index contributed by atoms with van der Waals surface area (Å²) in [7, 11) is 0. The van der Waals surface area contributed by atoms with E-state index in [1.807, 2.05) is 20.8 Å². The molecule has 2 rings (SSSR count). The van der Waals surface area contributed by atoms with Crippen molar-refractivity contribution >= 4 is 24.0 Å². The Bertz CT molecular complexity index is 691. The van der Waals surface area contributed by atoms with Gasteiger partial charge in [0.15, 0.2) is 0 Å². The molecule has 0 bridgehead atoms. The summed E-state index contributed by atoms with van der Waals surface area (Å²) in [5, 5.41) is 2.78. The minimum absolute atomic E-state index is 0.230. The predicted molar refractivity (Wildman–Crippen MR) is 102 cm³/mol. The first kappa shape index (κ1) is 21.3. The molecule has 3 amide bonds. The average molecular weight is 393 g/mol. The van der Waals surface area contributed by atoms with Gasteiger partial charge in [-0.05, 0) is 52.0 Å². The van der Waals surface area contributed by atoms with Gasteiger partial charge in [0.05, 0.1) is 6.61 Å². The second-order valence-electron chi connectivity index (χ2n) is 7.19. The molecule has 1 aromatic rings. The number of piperazine rings is 1. The third-order valence-electron chi connectivity index (χ3n) is 3.79. The van der Waals surface area contributed by atoms with Crippen molar-refractivity contribution in [2.75, 3.05) is 38.1 Å². The molecule has 1 aliphatic rings. The molecule has 9 nitrogen and oxygen atoms in total. The van der Waals surface area contributed by atoms with Crippen LogP contribution in [0.3, 0.4) is 0 Å². The lowest BCUT2D eigenvalue weighted by molar-refractivity contribution is 0.0174. The lowest BCUT2D eigenvalue weighted by Crippen LogP contribution is -2.52. The quantitative estimate of drug-likeness (QED) is 0.625. The molecule has 0 saturated carbocycles. The Labute approximate surface area is 164 Å². The van der Waals surface area contributed by atoms with Crippen molar-refractivity contribution in [2.24, 2.45) is 0 Å². The molecule has 0 radical (unpaired) electrons. The molecular weight excluding hydrogens is 366 g/mol. The van der Waals surface area contributed by atoms with Crippen LogP contribution in [0.25, 0.3) is 0 Å². The van der Waals surface area contributed by atoms with E-state index in [4.69, 9.17) is 14.2 Å². The first-order chi connectivity index (χ1) is 13.2. The monoisotopic (exact) mass is 393 g/mol. The highest BCUT2D eigenvalue weighted by molar-refractivity contribution is 5.89. The smallest absolute Gasteiger partial charge is 0.444 e. The van der Waals surface area contributed by atoms with E-state index in [2.05, 4.69) is 5.32 Å². The van der Waals surface area contributed by atoms with Gasteiger partial charge >= 0.3 is 18.3 Å². The van der Waals surface area contributed by atoms with Crippen LogP contribution >= 0.6 is 0 Å². The molecule has 1 aromatic carbocycles. The van der Waals surface area contributed by atoms with E-state index in [1.54, 1.807) is 41.0 Å². The maximum atomic E-state index is 12.4. The van der Waals surface area contributed by atoms with Crippen molar-refractivity contribution in [3.63, 3.8) is 0 Å².